The third-order valence-electron chi connectivity index (χ3n) is 3.66. The fourth-order valence-electron chi connectivity index (χ4n) is 2.54. The number of hydrogen-bond acceptors (Lipinski definition) is 2. The number of rotatable bonds is 3. The molecule has 0 aliphatic carbocycles. The highest BCUT2D eigenvalue weighted by Gasteiger charge is 2.22. The van der Waals surface area contributed by atoms with Crippen LogP contribution in [-0.2, 0) is 4.79 Å². The van der Waals surface area contributed by atoms with Crippen LogP contribution in [0.3, 0.4) is 0 Å². The summed E-state index contributed by atoms with van der Waals surface area (Å²) in [5.41, 5.74) is 1.14. The second kappa shape index (κ2) is 6.38. The maximum atomic E-state index is 13.8. The van der Waals surface area contributed by atoms with Gasteiger partial charge >= 0.3 is 0 Å². The summed E-state index contributed by atoms with van der Waals surface area (Å²) in [7, 11) is 0. The molecule has 1 N–H and O–H groups in total. The average Bonchev–Trinajstić information content (AvgIpc) is 2.93. The van der Waals surface area contributed by atoms with Gasteiger partial charge in [0.2, 0.25) is 5.91 Å². The number of halogens is 2. The van der Waals surface area contributed by atoms with Crippen LogP contribution < -0.4 is 10.2 Å². The molecule has 1 heterocycles. The van der Waals surface area contributed by atoms with Crippen molar-refractivity contribution in [1.29, 1.82) is 0 Å². The van der Waals surface area contributed by atoms with Crippen molar-refractivity contribution >= 4 is 34.8 Å². The Morgan fingerprint density at radius 1 is 1.22 bits per heavy atom. The van der Waals surface area contributed by atoms with Gasteiger partial charge in [-0.3, -0.25) is 9.59 Å². The lowest BCUT2D eigenvalue weighted by molar-refractivity contribution is -0.117. The zero-order chi connectivity index (χ0) is 16.4. The molecule has 0 aromatic heterocycles. The number of nitrogens with one attached hydrogen (secondary N) is 1. The van der Waals surface area contributed by atoms with Crippen molar-refractivity contribution in [3.8, 4) is 0 Å². The smallest absolute Gasteiger partial charge is 0.258 e. The third-order valence-corrected chi connectivity index (χ3v) is 3.90. The molecule has 1 saturated heterocycles. The first-order valence-electron chi connectivity index (χ1n) is 7.21. The van der Waals surface area contributed by atoms with Gasteiger partial charge in [-0.25, -0.2) is 4.39 Å². The zero-order valence-corrected chi connectivity index (χ0v) is 12.9. The van der Waals surface area contributed by atoms with E-state index >= 15 is 0 Å². The van der Waals surface area contributed by atoms with Crippen LogP contribution in [0.5, 0.6) is 0 Å². The minimum absolute atomic E-state index is 0.0669. The fraction of sp³-hybridized carbons (Fsp3) is 0.176. The average molecular weight is 333 g/mol. The van der Waals surface area contributed by atoms with Gasteiger partial charge in [0.05, 0.1) is 5.56 Å². The van der Waals surface area contributed by atoms with Crippen molar-refractivity contribution in [2.45, 2.75) is 12.8 Å². The van der Waals surface area contributed by atoms with Gasteiger partial charge in [0.25, 0.3) is 5.91 Å². The highest BCUT2D eigenvalue weighted by Crippen LogP contribution is 2.25. The molecule has 0 unspecified atom stereocenters. The molecule has 118 valence electrons. The second-order valence-electron chi connectivity index (χ2n) is 5.28. The number of nitrogens with zero attached hydrogens (tertiary/aromatic N) is 1. The van der Waals surface area contributed by atoms with E-state index in [1.807, 2.05) is 6.07 Å². The summed E-state index contributed by atoms with van der Waals surface area (Å²) in [5, 5.41) is 2.87. The SMILES string of the molecule is O=C(Nc1cccc(N2CCCC2=O)c1)c1ccc(Cl)cc1F. The molecule has 2 amide bonds. The lowest BCUT2D eigenvalue weighted by Gasteiger charge is -2.16. The molecule has 2 aromatic rings. The van der Waals surface area contributed by atoms with Crippen molar-refractivity contribution < 1.29 is 14.0 Å². The highest BCUT2D eigenvalue weighted by atomic mass is 35.5. The van der Waals surface area contributed by atoms with Crippen molar-refractivity contribution in [2.24, 2.45) is 0 Å². The predicted molar refractivity (Wildman–Crippen MR) is 87.4 cm³/mol. The molecule has 0 atom stereocenters. The Hall–Kier alpha value is -2.40. The summed E-state index contributed by atoms with van der Waals surface area (Å²) >= 11 is 5.68. The Bertz CT molecular complexity index is 779. The lowest BCUT2D eigenvalue weighted by atomic mass is 10.2. The monoisotopic (exact) mass is 332 g/mol. The molecular formula is C17H14ClFN2O2. The number of carbonyl (C=O) groups is 2. The Labute approximate surface area is 137 Å². The summed E-state index contributed by atoms with van der Waals surface area (Å²) < 4.78 is 13.8. The van der Waals surface area contributed by atoms with Crippen molar-refractivity contribution in [2.75, 3.05) is 16.8 Å². The summed E-state index contributed by atoms with van der Waals surface area (Å²) in [6.07, 6.45) is 1.36. The Morgan fingerprint density at radius 2 is 2.04 bits per heavy atom. The largest absolute Gasteiger partial charge is 0.322 e. The van der Waals surface area contributed by atoms with Gasteiger partial charge < -0.3 is 10.2 Å². The Morgan fingerprint density at radius 3 is 2.74 bits per heavy atom. The molecule has 0 radical (unpaired) electrons. The first-order chi connectivity index (χ1) is 11.0. The molecule has 4 nitrogen and oxygen atoms in total. The van der Waals surface area contributed by atoms with Crippen LogP contribution in [0, 0.1) is 5.82 Å². The molecule has 2 aromatic carbocycles. The number of benzene rings is 2. The van der Waals surface area contributed by atoms with Gasteiger partial charge in [-0.1, -0.05) is 17.7 Å². The molecule has 6 heteroatoms. The predicted octanol–water partition coefficient (Wildman–Crippen LogP) is 3.86. The van der Waals surface area contributed by atoms with Crippen LogP contribution in [0.2, 0.25) is 5.02 Å². The molecule has 0 spiro atoms. The number of amides is 2. The van der Waals surface area contributed by atoms with Gasteiger partial charge in [-0.05, 0) is 42.8 Å². The van der Waals surface area contributed by atoms with E-state index in [0.29, 0.717) is 18.7 Å². The number of hydrogen-bond donors (Lipinski definition) is 1. The third kappa shape index (κ3) is 3.35. The molecule has 1 fully saturated rings. The van der Waals surface area contributed by atoms with Crippen LogP contribution >= 0.6 is 11.6 Å². The molecule has 0 saturated carbocycles. The van der Waals surface area contributed by atoms with E-state index in [2.05, 4.69) is 5.32 Å². The molecule has 1 aliphatic heterocycles. The summed E-state index contributed by atoms with van der Waals surface area (Å²) in [4.78, 5) is 25.6. The molecule has 3 rings (SSSR count). The maximum Gasteiger partial charge on any atom is 0.258 e. The van der Waals surface area contributed by atoms with Gasteiger partial charge in [0.15, 0.2) is 0 Å². The highest BCUT2D eigenvalue weighted by molar-refractivity contribution is 6.30. The van der Waals surface area contributed by atoms with Gasteiger partial charge in [-0.2, -0.15) is 0 Å². The maximum absolute atomic E-state index is 13.8. The zero-order valence-electron chi connectivity index (χ0n) is 12.2. The van der Waals surface area contributed by atoms with Crippen molar-refractivity contribution in [1.82, 2.24) is 0 Å². The number of anilines is 2. The van der Waals surface area contributed by atoms with Gasteiger partial charge in [0.1, 0.15) is 5.82 Å². The summed E-state index contributed by atoms with van der Waals surface area (Å²) in [5.74, 6) is -1.18. The van der Waals surface area contributed by atoms with E-state index < -0.39 is 11.7 Å². The van der Waals surface area contributed by atoms with E-state index in [1.165, 1.54) is 12.1 Å². The Kier molecular flexibility index (Phi) is 4.30. The quantitative estimate of drug-likeness (QED) is 0.928. The Balaban J connectivity index is 1.80. The standard InChI is InChI=1S/C17H14ClFN2O2/c18-11-6-7-14(15(19)9-11)17(23)20-12-3-1-4-13(10-12)21-8-2-5-16(21)22/h1,3-4,6-7,9-10H,2,5,8H2,(H,20,23). The summed E-state index contributed by atoms with van der Waals surface area (Å²) in [6.45, 7) is 0.669. The van der Waals surface area contributed by atoms with E-state index in [4.69, 9.17) is 11.6 Å². The first kappa shape index (κ1) is 15.5. The first-order valence-corrected chi connectivity index (χ1v) is 7.59. The van der Waals surface area contributed by atoms with Gasteiger partial charge in [-0.15, -0.1) is 0 Å². The van der Waals surface area contributed by atoms with Crippen LogP contribution in [0.25, 0.3) is 0 Å². The van der Waals surface area contributed by atoms with E-state index in [9.17, 15) is 14.0 Å². The topological polar surface area (TPSA) is 49.4 Å². The van der Waals surface area contributed by atoms with E-state index in [1.54, 1.807) is 23.1 Å². The minimum atomic E-state index is -0.680. The minimum Gasteiger partial charge on any atom is -0.322 e. The molecular weight excluding hydrogens is 319 g/mol. The number of carbonyl (C=O) groups excluding carboxylic acids is 2. The molecule has 23 heavy (non-hydrogen) atoms. The second-order valence-corrected chi connectivity index (χ2v) is 5.71. The normalized spacial score (nSPS) is 14.2. The summed E-state index contributed by atoms with van der Waals surface area (Å²) in [6, 6.07) is 10.8. The lowest BCUT2D eigenvalue weighted by Crippen LogP contribution is -2.23. The van der Waals surface area contributed by atoms with Crippen LogP contribution in [-0.4, -0.2) is 18.4 Å². The van der Waals surface area contributed by atoms with Crippen LogP contribution in [0.15, 0.2) is 42.5 Å². The molecule has 0 bridgehead atoms. The van der Waals surface area contributed by atoms with Crippen LogP contribution in [0.4, 0.5) is 15.8 Å². The van der Waals surface area contributed by atoms with Crippen molar-refractivity contribution in [3.63, 3.8) is 0 Å². The molecule has 1 aliphatic rings. The van der Waals surface area contributed by atoms with Crippen LogP contribution in [0.1, 0.15) is 23.2 Å². The van der Waals surface area contributed by atoms with Gasteiger partial charge in [0, 0.05) is 29.4 Å². The van der Waals surface area contributed by atoms with E-state index in [-0.39, 0.29) is 16.5 Å². The fourth-order valence-corrected chi connectivity index (χ4v) is 2.70. The van der Waals surface area contributed by atoms with Crippen molar-refractivity contribution in [3.05, 3.63) is 58.9 Å². The van der Waals surface area contributed by atoms with E-state index in [0.717, 1.165) is 18.2 Å².